The number of benzene rings is 1. The summed E-state index contributed by atoms with van der Waals surface area (Å²) in [6.45, 7) is 1.80. The van der Waals surface area contributed by atoms with Crippen molar-refractivity contribution < 1.29 is 22.7 Å². The normalized spacial score (nSPS) is 11.4. The molecule has 0 saturated heterocycles. The van der Waals surface area contributed by atoms with Crippen LogP contribution in [0.5, 0.6) is 0 Å². The van der Waals surface area contributed by atoms with E-state index < -0.39 is 17.7 Å². The molecule has 0 bridgehead atoms. The van der Waals surface area contributed by atoms with Gasteiger partial charge in [0.25, 0.3) is 0 Å². The molecule has 3 rings (SSSR count). The zero-order chi connectivity index (χ0) is 18.9. The first-order valence-corrected chi connectivity index (χ1v) is 7.58. The number of halogens is 3. The Kier molecular flexibility index (Phi) is 4.50. The maximum atomic E-state index is 12.7. The van der Waals surface area contributed by atoms with Gasteiger partial charge in [-0.1, -0.05) is 0 Å². The Hall–Kier alpha value is -3.16. The van der Waals surface area contributed by atoms with Crippen LogP contribution in [0.1, 0.15) is 21.6 Å². The summed E-state index contributed by atoms with van der Waals surface area (Å²) >= 11 is 0. The molecule has 8 heteroatoms. The summed E-state index contributed by atoms with van der Waals surface area (Å²) in [5.74, 6) is -0.616. The fourth-order valence-corrected chi connectivity index (χ4v) is 2.46. The third kappa shape index (κ3) is 3.44. The maximum Gasteiger partial charge on any atom is 0.416 e. The number of carbonyl (C=O) groups is 1. The molecule has 0 aliphatic carbocycles. The lowest BCUT2D eigenvalue weighted by Gasteiger charge is -2.14. The SMILES string of the molecule is COC(=O)c1cnc2nc(C)ccc2c1Nc1ccc(C(F)(F)F)cc1. The van der Waals surface area contributed by atoms with Crippen LogP contribution in [0.4, 0.5) is 24.5 Å². The number of esters is 1. The smallest absolute Gasteiger partial charge is 0.416 e. The molecular weight excluding hydrogens is 347 g/mol. The van der Waals surface area contributed by atoms with Gasteiger partial charge < -0.3 is 10.1 Å². The number of methoxy groups -OCH3 is 1. The van der Waals surface area contributed by atoms with E-state index in [1.807, 2.05) is 0 Å². The molecule has 0 aliphatic heterocycles. The highest BCUT2D eigenvalue weighted by Gasteiger charge is 2.30. The standard InChI is InChI=1S/C18H14F3N3O2/c1-10-3-8-13-15(14(17(25)26-2)9-22-16(13)23-10)24-12-6-4-11(5-7-12)18(19,20)21/h3-9H,1-2H3,(H,22,23,24). The van der Waals surface area contributed by atoms with Gasteiger partial charge in [-0.3, -0.25) is 0 Å². The Bertz CT molecular complexity index is 970. The summed E-state index contributed by atoms with van der Waals surface area (Å²) in [6, 6.07) is 8.00. The minimum atomic E-state index is -4.42. The third-order valence-electron chi connectivity index (χ3n) is 3.76. The number of anilines is 2. The molecule has 0 saturated carbocycles. The number of aryl methyl sites for hydroxylation is 1. The molecule has 0 fully saturated rings. The van der Waals surface area contributed by atoms with Crippen LogP contribution in [0.15, 0.2) is 42.6 Å². The molecule has 1 aromatic carbocycles. The average molecular weight is 361 g/mol. The second kappa shape index (κ2) is 6.62. The molecule has 0 aliphatic rings. The average Bonchev–Trinajstić information content (AvgIpc) is 2.60. The molecule has 0 amide bonds. The molecular formula is C18H14F3N3O2. The van der Waals surface area contributed by atoms with E-state index in [1.54, 1.807) is 19.1 Å². The van der Waals surface area contributed by atoms with Crippen molar-refractivity contribution in [1.29, 1.82) is 0 Å². The summed E-state index contributed by atoms with van der Waals surface area (Å²) in [5, 5.41) is 3.53. The minimum Gasteiger partial charge on any atom is -0.465 e. The van der Waals surface area contributed by atoms with Crippen LogP contribution in [-0.4, -0.2) is 23.0 Å². The highest BCUT2D eigenvalue weighted by atomic mass is 19.4. The topological polar surface area (TPSA) is 64.1 Å². The summed E-state index contributed by atoms with van der Waals surface area (Å²) in [5.41, 5.74) is 1.31. The van der Waals surface area contributed by atoms with Crippen molar-refractivity contribution in [3.8, 4) is 0 Å². The van der Waals surface area contributed by atoms with Crippen LogP contribution in [0.25, 0.3) is 11.0 Å². The first-order valence-electron chi connectivity index (χ1n) is 7.58. The van der Waals surface area contributed by atoms with Gasteiger partial charge in [0.05, 0.1) is 18.4 Å². The van der Waals surface area contributed by atoms with Crippen LogP contribution < -0.4 is 5.32 Å². The van der Waals surface area contributed by atoms with E-state index in [0.717, 1.165) is 17.8 Å². The molecule has 0 radical (unpaired) electrons. The molecule has 2 heterocycles. The van der Waals surface area contributed by atoms with Gasteiger partial charge in [0, 0.05) is 23.0 Å². The van der Waals surface area contributed by atoms with Crippen molar-refractivity contribution in [3.63, 3.8) is 0 Å². The summed E-state index contributed by atoms with van der Waals surface area (Å²) < 4.78 is 42.9. The molecule has 0 atom stereocenters. The van der Waals surface area contributed by atoms with Gasteiger partial charge in [0.2, 0.25) is 0 Å². The van der Waals surface area contributed by atoms with Crippen LogP contribution in [0, 0.1) is 6.92 Å². The molecule has 0 spiro atoms. The number of hydrogen-bond donors (Lipinski definition) is 1. The second-order valence-corrected chi connectivity index (χ2v) is 5.56. The van der Waals surface area contributed by atoms with Gasteiger partial charge in [-0.15, -0.1) is 0 Å². The number of pyridine rings is 2. The third-order valence-corrected chi connectivity index (χ3v) is 3.76. The predicted molar refractivity (Wildman–Crippen MR) is 90.3 cm³/mol. The number of nitrogens with zero attached hydrogens (tertiary/aromatic N) is 2. The first-order chi connectivity index (χ1) is 12.3. The lowest BCUT2D eigenvalue weighted by molar-refractivity contribution is -0.137. The van der Waals surface area contributed by atoms with Gasteiger partial charge in [0.15, 0.2) is 5.65 Å². The number of rotatable bonds is 3. The fraction of sp³-hybridized carbons (Fsp3) is 0.167. The van der Waals surface area contributed by atoms with E-state index in [-0.39, 0.29) is 5.56 Å². The second-order valence-electron chi connectivity index (χ2n) is 5.56. The van der Waals surface area contributed by atoms with Crippen molar-refractivity contribution in [1.82, 2.24) is 9.97 Å². The van der Waals surface area contributed by atoms with Crippen molar-refractivity contribution >= 4 is 28.4 Å². The lowest BCUT2D eigenvalue weighted by atomic mass is 10.1. The van der Waals surface area contributed by atoms with E-state index >= 15 is 0 Å². The van der Waals surface area contributed by atoms with Crippen molar-refractivity contribution in [2.45, 2.75) is 13.1 Å². The van der Waals surface area contributed by atoms with Crippen LogP contribution in [0.2, 0.25) is 0 Å². The molecule has 5 nitrogen and oxygen atoms in total. The van der Waals surface area contributed by atoms with Gasteiger partial charge >= 0.3 is 12.1 Å². The predicted octanol–water partition coefficient (Wildman–Crippen LogP) is 4.49. The van der Waals surface area contributed by atoms with Crippen LogP contribution in [-0.2, 0) is 10.9 Å². The van der Waals surface area contributed by atoms with E-state index in [1.165, 1.54) is 25.4 Å². The van der Waals surface area contributed by atoms with Crippen LogP contribution >= 0.6 is 0 Å². The summed E-state index contributed by atoms with van der Waals surface area (Å²) in [6.07, 6.45) is -3.09. The zero-order valence-corrected chi connectivity index (χ0v) is 13.9. The number of carbonyl (C=O) groups excluding carboxylic acids is 1. The quantitative estimate of drug-likeness (QED) is 0.697. The Labute approximate surface area is 146 Å². The number of alkyl halides is 3. The summed E-state index contributed by atoms with van der Waals surface area (Å²) in [4.78, 5) is 20.5. The Morgan fingerprint density at radius 1 is 1.12 bits per heavy atom. The Balaban J connectivity index is 2.08. The van der Waals surface area contributed by atoms with Crippen molar-refractivity contribution in [3.05, 3.63) is 59.4 Å². The Morgan fingerprint density at radius 3 is 2.42 bits per heavy atom. The fourth-order valence-electron chi connectivity index (χ4n) is 2.46. The van der Waals surface area contributed by atoms with Gasteiger partial charge in [-0.25, -0.2) is 14.8 Å². The number of fused-ring (bicyclic) bond motifs is 1. The van der Waals surface area contributed by atoms with E-state index in [0.29, 0.717) is 22.4 Å². The van der Waals surface area contributed by atoms with E-state index in [4.69, 9.17) is 4.74 Å². The van der Waals surface area contributed by atoms with Gasteiger partial charge in [0.1, 0.15) is 5.56 Å². The highest BCUT2D eigenvalue weighted by molar-refractivity contribution is 6.05. The van der Waals surface area contributed by atoms with Crippen molar-refractivity contribution in [2.24, 2.45) is 0 Å². The lowest BCUT2D eigenvalue weighted by Crippen LogP contribution is -2.08. The molecule has 3 aromatic rings. The van der Waals surface area contributed by atoms with E-state index in [2.05, 4.69) is 15.3 Å². The van der Waals surface area contributed by atoms with Gasteiger partial charge in [-0.05, 0) is 43.3 Å². The first kappa shape index (κ1) is 17.7. The largest absolute Gasteiger partial charge is 0.465 e. The summed E-state index contributed by atoms with van der Waals surface area (Å²) in [7, 11) is 1.24. The number of hydrogen-bond acceptors (Lipinski definition) is 5. The molecule has 2 aromatic heterocycles. The minimum absolute atomic E-state index is 0.158. The Morgan fingerprint density at radius 2 is 1.81 bits per heavy atom. The molecule has 1 N–H and O–H groups in total. The monoisotopic (exact) mass is 361 g/mol. The van der Waals surface area contributed by atoms with Crippen LogP contribution in [0.3, 0.4) is 0 Å². The molecule has 134 valence electrons. The molecule has 0 unspecified atom stereocenters. The number of ether oxygens (including phenoxy) is 1. The van der Waals surface area contributed by atoms with E-state index in [9.17, 15) is 18.0 Å². The maximum absolute atomic E-state index is 12.7. The zero-order valence-electron chi connectivity index (χ0n) is 13.9. The molecule has 26 heavy (non-hydrogen) atoms. The van der Waals surface area contributed by atoms with Gasteiger partial charge in [-0.2, -0.15) is 13.2 Å². The number of aromatic nitrogens is 2. The van der Waals surface area contributed by atoms with Crippen molar-refractivity contribution in [2.75, 3.05) is 12.4 Å². The highest BCUT2D eigenvalue weighted by Crippen LogP contribution is 2.32. The number of nitrogens with one attached hydrogen (secondary N) is 1.